The Labute approximate surface area is 116 Å². The van der Waals surface area contributed by atoms with E-state index in [9.17, 15) is 4.79 Å². The Morgan fingerprint density at radius 1 is 1.56 bits per heavy atom. The van der Waals surface area contributed by atoms with Gasteiger partial charge in [-0.05, 0) is 37.7 Å². The van der Waals surface area contributed by atoms with Crippen molar-refractivity contribution in [1.29, 1.82) is 0 Å². The van der Waals surface area contributed by atoms with E-state index in [4.69, 9.17) is 0 Å². The first kappa shape index (κ1) is 13.4. The molecule has 0 bridgehead atoms. The number of aryl methyl sites for hydroxylation is 1. The minimum absolute atomic E-state index is 0.0953. The van der Waals surface area contributed by atoms with E-state index in [0.717, 1.165) is 16.7 Å². The first-order chi connectivity index (χ1) is 8.63. The van der Waals surface area contributed by atoms with Gasteiger partial charge in [0.25, 0.3) is 0 Å². The monoisotopic (exact) mass is 311 g/mol. The topological polar surface area (TPSA) is 44.4 Å². The summed E-state index contributed by atoms with van der Waals surface area (Å²) in [5.41, 5.74) is 2.31. The van der Waals surface area contributed by atoms with Crippen LogP contribution in [0.2, 0.25) is 0 Å². The van der Waals surface area contributed by atoms with Gasteiger partial charge in [-0.3, -0.25) is 4.79 Å². The summed E-state index contributed by atoms with van der Waals surface area (Å²) in [6, 6.07) is 6.04. The van der Waals surface area contributed by atoms with Crippen molar-refractivity contribution in [2.75, 3.05) is 31.6 Å². The predicted molar refractivity (Wildman–Crippen MR) is 76.9 cm³/mol. The number of carbonyl (C=O) groups excluding carboxylic acids is 1. The minimum Gasteiger partial charge on any atom is -0.357 e. The van der Waals surface area contributed by atoms with Crippen LogP contribution in [0.3, 0.4) is 0 Å². The highest BCUT2D eigenvalue weighted by Gasteiger charge is 2.29. The number of anilines is 1. The van der Waals surface area contributed by atoms with Crippen LogP contribution < -0.4 is 15.5 Å². The van der Waals surface area contributed by atoms with E-state index in [0.29, 0.717) is 13.1 Å². The molecule has 5 heteroatoms. The number of nitrogens with zero attached hydrogens (tertiary/aromatic N) is 1. The van der Waals surface area contributed by atoms with Crippen LogP contribution in [0.5, 0.6) is 0 Å². The van der Waals surface area contributed by atoms with Gasteiger partial charge in [-0.15, -0.1) is 0 Å². The largest absolute Gasteiger partial charge is 0.357 e. The number of hydrogen-bond acceptors (Lipinski definition) is 3. The van der Waals surface area contributed by atoms with Gasteiger partial charge in [0.05, 0.1) is 0 Å². The summed E-state index contributed by atoms with van der Waals surface area (Å²) in [5, 5.41) is 6.00. The van der Waals surface area contributed by atoms with E-state index < -0.39 is 0 Å². The molecule has 0 saturated carbocycles. The van der Waals surface area contributed by atoms with Gasteiger partial charge in [0.2, 0.25) is 5.91 Å². The second-order valence-corrected chi connectivity index (χ2v) is 5.40. The Hall–Kier alpha value is -1.07. The van der Waals surface area contributed by atoms with E-state index in [2.05, 4.69) is 50.5 Å². The molecule has 2 rings (SSSR count). The van der Waals surface area contributed by atoms with E-state index >= 15 is 0 Å². The van der Waals surface area contributed by atoms with Crippen molar-refractivity contribution in [2.24, 2.45) is 0 Å². The molecule has 2 N–H and O–H groups in total. The number of hydrogen-bond donors (Lipinski definition) is 2. The molecule has 1 aromatic carbocycles. The van der Waals surface area contributed by atoms with Crippen LogP contribution in [0.4, 0.5) is 5.69 Å². The molecule has 1 aliphatic rings. The second-order valence-electron chi connectivity index (χ2n) is 4.49. The van der Waals surface area contributed by atoms with Crippen molar-refractivity contribution in [3.8, 4) is 0 Å². The van der Waals surface area contributed by atoms with E-state index in [1.54, 1.807) is 0 Å². The highest BCUT2D eigenvalue weighted by molar-refractivity contribution is 9.10. The molecule has 1 aliphatic heterocycles. The van der Waals surface area contributed by atoms with Gasteiger partial charge in [0, 0.05) is 29.8 Å². The summed E-state index contributed by atoms with van der Waals surface area (Å²) < 4.78 is 1.07. The molecule has 1 saturated heterocycles. The fourth-order valence-corrected chi connectivity index (χ4v) is 2.82. The standard InChI is InChI=1S/C13H18BrN3O/c1-9-7-10(14)3-4-11(9)17-6-5-16-13(18)12(17)8-15-2/h3-4,7,12,15H,5-6,8H2,1-2H3,(H,16,18). The average molecular weight is 312 g/mol. The molecule has 1 atom stereocenters. The lowest BCUT2D eigenvalue weighted by atomic mass is 10.1. The fourth-order valence-electron chi connectivity index (χ4n) is 2.34. The molecule has 1 aromatic rings. The Kier molecular flexibility index (Phi) is 4.24. The number of likely N-dealkylation sites (N-methyl/N-ethyl adjacent to an activating group) is 1. The van der Waals surface area contributed by atoms with E-state index in [-0.39, 0.29) is 11.9 Å². The molecule has 18 heavy (non-hydrogen) atoms. The Morgan fingerprint density at radius 3 is 3.00 bits per heavy atom. The van der Waals surface area contributed by atoms with Gasteiger partial charge in [0.1, 0.15) is 6.04 Å². The molecule has 0 aliphatic carbocycles. The highest BCUT2D eigenvalue weighted by Crippen LogP contribution is 2.26. The van der Waals surface area contributed by atoms with Crippen LogP contribution >= 0.6 is 15.9 Å². The normalized spacial score (nSPS) is 19.8. The minimum atomic E-state index is -0.136. The number of piperazine rings is 1. The Bertz CT molecular complexity index is 450. The van der Waals surface area contributed by atoms with Crippen molar-refractivity contribution in [1.82, 2.24) is 10.6 Å². The van der Waals surface area contributed by atoms with Gasteiger partial charge in [-0.25, -0.2) is 0 Å². The van der Waals surface area contributed by atoms with Gasteiger partial charge in [-0.2, -0.15) is 0 Å². The summed E-state index contributed by atoms with van der Waals surface area (Å²) in [7, 11) is 1.87. The number of halogens is 1. The number of amides is 1. The van der Waals surface area contributed by atoms with Gasteiger partial charge in [-0.1, -0.05) is 15.9 Å². The number of benzene rings is 1. The average Bonchev–Trinajstić information content (AvgIpc) is 2.32. The molecule has 0 radical (unpaired) electrons. The van der Waals surface area contributed by atoms with Crippen LogP contribution in [0.15, 0.2) is 22.7 Å². The first-order valence-electron chi connectivity index (χ1n) is 6.08. The van der Waals surface area contributed by atoms with Crippen LogP contribution in [0, 0.1) is 6.92 Å². The molecule has 1 fully saturated rings. The summed E-state index contributed by atoms with van der Waals surface area (Å²) in [6.07, 6.45) is 0. The zero-order valence-corrected chi connectivity index (χ0v) is 12.3. The van der Waals surface area contributed by atoms with Crippen LogP contribution in [0.1, 0.15) is 5.56 Å². The molecule has 1 unspecified atom stereocenters. The van der Waals surface area contributed by atoms with Crippen molar-refractivity contribution in [3.63, 3.8) is 0 Å². The Balaban J connectivity index is 2.31. The van der Waals surface area contributed by atoms with Crippen molar-refractivity contribution < 1.29 is 4.79 Å². The fraction of sp³-hybridized carbons (Fsp3) is 0.462. The summed E-state index contributed by atoms with van der Waals surface area (Å²) in [4.78, 5) is 14.1. The maximum absolute atomic E-state index is 11.9. The lowest BCUT2D eigenvalue weighted by Gasteiger charge is -2.37. The first-order valence-corrected chi connectivity index (χ1v) is 6.88. The molecule has 0 aromatic heterocycles. The zero-order valence-electron chi connectivity index (χ0n) is 10.7. The Morgan fingerprint density at radius 2 is 2.33 bits per heavy atom. The quantitative estimate of drug-likeness (QED) is 0.884. The number of carbonyl (C=O) groups is 1. The summed E-state index contributed by atoms with van der Waals surface area (Å²) in [6.45, 7) is 4.28. The smallest absolute Gasteiger partial charge is 0.244 e. The van der Waals surface area contributed by atoms with E-state index in [1.165, 1.54) is 5.56 Å². The van der Waals surface area contributed by atoms with Crippen molar-refractivity contribution in [3.05, 3.63) is 28.2 Å². The van der Waals surface area contributed by atoms with Crippen LogP contribution in [-0.4, -0.2) is 38.6 Å². The number of nitrogens with one attached hydrogen (secondary N) is 2. The maximum atomic E-state index is 11.9. The highest BCUT2D eigenvalue weighted by atomic mass is 79.9. The summed E-state index contributed by atoms with van der Waals surface area (Å²) >= 11 is 3.47. The maximum Gasteiger partial charge on any atom is 0.244 e. The van der Waals surface area contributed by atoms with Gasteiger partial charge in [0.15, 0.2) is 0 Å². The molecule has 4 nitrogen and oxygen atoms in total. The van der Waals surface area contributed by atoms with Crippen LogP contribution in [-0.2, 0) is 4.79 Å². The molecule has 1 amide bonds. The van der Waals surface area contributed by atoms with Gasteiger partial charge < -0.3 is 15.5 Å². The SMILES string of the molecule is CNCC1C(=O)NCCN1c1ccc(Br)cc1C. The summed E-state index contributed by atoms with van der Waals surface area (Å²) in [5.74, 6) is 0.0953. The molecule has 0 spiro atoms. The molecular formula is C13H18BrN3O. The third kappa shape index (κ3) is 2.67. The zero-order chi connectivity index (χ0) is 13.1. The third-order valence-electron chi connectivity index (χ3n) is 3.20. The number of rotatable bonds is 3. The second kappa shape index (κ2) is 5.71. The van der Waals surface area contributed by atoms with E-state index in [1.807, 2.05) is 13.1 Å². The van der Waals surface area contributed by atoms with Crippen molar-refractivity contribution >= 4 is 27.5 Å². The third-order valence-corrected chi connectivity index (χ3v) is 3.69. The van der Waals surface area contributed by atoms with Crippen LogP contribution in [0.25, 0.3) is 0 Å². The van der Waals surface area contributed by atoms with Crippen molar-refractivity contribution in [2.45, 2.75) is 13.0 Å². The molecule has 1 heterocycles. The predicted octanol–water partition coefficient (Wildman–Crippen LogP) is 1.28. The lowest BCUT2D eigenvalue weighted by molar-refractivity contribution is -0.123. The molecular weight excluding hydrogens is 294 g/mol. The van der Waals surface area contributed by atoms with Gasteiger partial charge >= 0.3 is 0 Å². The molecule has 98 valence electrons. The lowest BCUT2D eigenvalue weighted by Crippen LogP contribution is -2.58.